The second-order valence-corrected chi connectivity index (χ2v) is 9.38. The van der Waals surface area contributed by atoms with E-state index in [-0.39, 0.29) is 11.7 Å². The van der Waals surface area contributed by atoms with Crippen LogP contribution in [0.25, 0.3) is 6.08 Å². The molecule has 0 aromatic heterocycles. The van der Waals surface area contributed by atoms with E-state index in [1.54, 1.807) is 49.5 Å². The molecule has 3 aromatic rings. The van der Waals surface area contributed by atoms with Crippen LogP contribution in [0.1, 0.15) is 21.5 Å². The summed E-state index contributed by atoms with van der Waals surface area (Å²) in [7, 11) is 2.99. The fourth-order valence-electron chi connectivity index (χ4n) is 3.17. The van der Waals surface area contributed by atoms with Gasteiger partial charge in [0.1, 0.15) is 18.2 Å². The number of rotatable bonds is 6. The highest BCUT2D eigenvalue weighted by molar-refractivity contribution is 9.10. The van der Waals surface area contributed by atoms with Crippen LogP contribution in [-0.2, 0) is 16.1 Å². The number of nitrogens with zero attached hydrogens (tertiary/aromatic N) is 2. The third kappa shape index (κ3) is 5.98. The summed E-state index contributed by atoms with van der Waals surface area (Å²) in [5.41, 5.74) is 2.72. The topological polar surface area (TPSA) is 68.2 Å². The molecule has 1 fully saturated rings. The highest BCUT2D eigenvalue weighted by Crippen LogP contribution is 2.34. The number of ether oxygens (including phenoxy) is 2. The van der Waals surface area contributed by atoms with Gasteiger partial charge in [0.05, 0.1) is 27.7 Å². The molecule has 0 saturated carbocycles. The summed E-state index contributed by atoms with van der Waals surface area (Å²) in [6.07, 6.45) is 1.79. The highest BCUT2D eigenvalue weighted by Gasteiger charge is 2.30. The fraction of sp³-hybridized carbons (Fsp3) is 0.115. The molecule has 1 saturated heterocycles. The molecule has 1 heterocycles. The Morgan fingerprint density at radius 2 is 1.83 bits per heavy atom. The molecule has 6 nitrogen and oxygen atoms in total. The van der Waals surface area contributed by atoms with Crippen molar-refractivity contribution in [2.75, 3.05) is 14.2 Å². The number of carbonyl (C=O) groups is 2. The van der Waals surface area contributed by atoms with Crippen molar-refractivity contribution < 1.29 is 23.5 Å². The van der Waals surface area contributed by atoms with E-state index < -0.39 is 5.97 Å². The number of amidine groups is 1. The Kier molecular flexibility index (Phi) is 7.67. The monoisotopic (exact) mass is 554 g/mol. The van der Waals surface area contributed by atoms with E-state index in [1.807, 2.05) is 18.2 Å². The minimum absolute atomic E-state index is 0.160. The lowest BCUT2D eigenvalue weighted by Gasteiger charge is -2.09. The molecule has 1 aliphatic heterocycles. The van der Waals surface area contributed by atoms with Gasteiger partial charge in [0.25, 0.3) is 5.91 Å². The Bertz CT molecular complexity index is 1320. The summed E-state index contributed by atoms with van der Waals surface area (Å²) in [4.78, 5) is 30.9. The van der Waals surface area contributed by atoms with Gasteiger partial charge >= 0.3 is 5.97 Å². The zero-order valence-corrected chi connectivity index (χ0v) is 21.2. The van der Waals surface area contributed by atoms with Crippen molar-refractivity contribution in [3.05, 3.63) is 98.6 Å². The lowest BCUT2D eigenvalue weighted by molar-refractivity contribution is -0.121. The van der Waals surface area contributed by atoms with Crippen LogP contribution in [0.4, 0.5) is 10.1 Å². The summed E-state index contributed by atoms with van der Waals surface area (Å²) >= 11 is 4.78. The molecule has 178 valence electrons. The van der Waals surface area contributed by atoms with Crippen LogP contribution in [0.15, 0.2) is 81.1 Å². The molecule has 0 bridgehead atoms. The number of aliphatic imine (C=N–C) groups is 1. The normalized spacial score (nSPS) is 15.7. The van der Waals surface area contributed by atoms with Crippen LogP contribution in [-0.4, -0.2) is 36.1 Å². The van der Waals surface area contributed by atoms with Crippen LogP contribution in [0.5, 0.6) is 5.75 Å². The summed E-state index contributed by atoms with van der Waals surface area (Å²) < 4.78 is 24.3. The van der Waals surface area contributed by atoms with Gasteiger partial charge in [0, 0.05) is 7.05 Å². The number of halogens is 2. The number of methoxy groups -OCH3 is 1. The molecule has 0 unspecified atom stereocenters. The Morgan fingerprint density at radius 1 is 1.11 bits per heavy atom. The van der Waals surface area contributed by atoms with Crippen LogP contribution >= 0.6 is 27.7 Å². The second kappa shape index (κ2) is 10.9. The van der Waals surface area contributed by atoms with Crippen molar-refractivity contribution in [2.24, 2.45) is 4.99 Å². The van der Waals surface area contributed by atoms with Gasteiger partial charge in [-0.2, -0.15) is 0 Å². The van der Waals surface area contributed by atoms with E-state index in [9.17, 15) is 14.0 Å². The SMILES string of the molecule is COC(=O)c1ccc(N=C2S/C(=C\c3ccc(OCc4ccc(F)cc4)c(Br)c3)C(=O)N2C)cc1. The van der Waals surface area contributed by atoms with Gasteiger partial charge in [0.15, 0.2) is 5.17 Å². The molecule has 0 N–H and O–H groups in total. The maximum absolute atomic E-state index is 13.1. The zero-order chi connectivity index (χ0) is 24.9. The molecular formula is C26H20BrFN2O4S. The third-order valence-corrected chi connectivity index (χ3v) is 6.76. The predicted octanol–water partition coefficient (Wildman–Crippen LogP) is 6.19. The molecule has 4 rings (SSSR count). The van der Waals surface area contributed by atoms with Crippen LogP contribution in [0.3, 0.4) is 0 Å². The Morgan fingerprint density at radius 3 is 2.49 bits per heavy atom. The van der Waals surface area contributed by atoms with Crippen LogP contribution < -0.4 is 4.74 Å². The van der Waals surface area contributed by atoms with E-state index in [0.717, 1.165) is 15.6 Å². The average Bonchev–Trinajstić information content (AvgIpc) is 3.12. The highest BCUT2D eigenvalue weighted by atomic mass is 79.9. The first-order valence-corrected chi connectivity index (χ1v) is 12.1. The van der Waals surface area contributed by atoms with E-state index >= 15 is 0 Å². The van der Waals surface area contributed by atoms with Gasteiger partial charge in [-0.25, -0.2) is 14.2 Å². The quantitative estimate of drug-likeness (QED) is 0.268. The van der Waals surface area contributed by atoms with Gasteiger partial charge < -0.3 is 9.47 Å². The number of likely N-dealkylation sites (N-methyl/N-ethyl adjacent to an activating group) is 1. The maximum atomic E-state index is 13.1. The molecule has 3 aromatic carbocycles. The van der Waals surface area contributed by atoms with Crippen molar-refractivity contribution in [3.8, 4) is 5.75 Å². The fourth-order valence-corrected chi connectivity index (χ4v) is 4.67. The number of amides is 1. The molecular weight excluding hydrogens is 535 g/mol. The van der Waals surface area contributed by atoms with Crippen molar-refractivity contribution in [1.29, 1.82) is 0 Å². The van der Waals surface area contributed by atoms with Gasteiger partial charge in [0.2, 0.25) is 0 Å². The first-order valence-electron chi connectivity index (χ1n) is 10.5. The van der Waals surface area contributed by atoms with Crippen molar-refractivity contribution >= 4 is 56.5 Å². The number of esters is 1. The predicted molar refractivity (Wildman–Crippen MR) is 138 cm³/mol. The Hall–Kier alpha value is -3.43. The van der Waals surface area contributed by atoms with E-state index in [0.29, 0.717) is 33.7 Å². The number of benzene rings is 3. The summed E-state index contributed by atoms with van der Waals surface area (Å²) in [5.74, 6) is -0.235. The smallest absolute Gasteiger partial charge is 0.337 e. The zero-order valence-electron chi connectivity index (χ0n) is 18.8. The molecule has 9 heteroatoms. The molecule has 0 aliphatic carbocycles. The van der Waals surface area contributed by atoms with E-state index in [2.05, 4.69) is 20.9 Å². The molecule has 0 atom stereocenters. The third-order valence-electron chi connectivity index (χ3n) is 5.08. The number of hydrogen-bond acceptors (Lipinski definition) is 6. The van der Waals surface area contributed by atoms with Crippen LogP contribution in [0.2, 0.25) is 0 Å². The number of thioether (sulfide) groups is 1. The number of hydrogen-bond donors (Lipinski definition) is 0. The maximum Gasteiger partial charge on any atom is 0.337 e. The van der Waals surface area contributed by atoms with Crippen molar-refractivity contribution in [2.45, 2.75) is 6.61 Å². The van der Waals surface area contributed by atoms with Gasteiger partial charge in [-0.1, -0.05) is 18.2 Å². The first-order chi connectivity index (χ1) is 16.8. The Labute approximate surface area is 214 Å². The molecule has 1 aliphatic rings. The first kappa shape index (κ1) is 24.7. The van der Waals surface area contributed by atoms with Gasteiger partial charge in [-0.15, -0.1) is 0 Å². The summed E-state index contributed by atoms with van der Waals surface area (Å²) in [6.45, 7) is 0.304. The second-order valence-electron chi connectivity index (χ2n) is 7.51. The minimum Gasteiger partial charge on any atom is -0.488 e. The standard InChI is InChI=1S/C26H20BrFN2O4S/c1-30-24(31)23(35-26(30)29-20-10-6-18(7-11-20)25(32)33-2)14-17-5-12-22(21(27)13-17)34-15-16-3-8-19(28)9-4-16/h3-14H,15H2,1-2H3/b23-14-,29-26?. The molecule has 0 radical (unpaired) electrons. The van der Waals surface area contributed by atoms with Gasteiger partial charge in [-0.3, -0.25) is 9.69 Å². The van der Waals surface area contributed by atoms with E-state index in [1.165, 1.54) is 35.9 Å². The minimum atomic E-state index is -0.421. The summed E-state index contributed by atoms with van der Waals surface area (Å²) in [5, 5.41) is 0.533. The molecule has 1 amide bonds. The van der Waals surface area contributed by atoms with Crippen molar-refractivity contribution in [1.82, 2.24) is 4.90 Å². The number of carbonyl (C=O) groups excluding carboxylic acids is 2. The van der Waals surface area contributed by atoms with E-state index in [4.69, 9.17) is 9.47 Å². The lowest BCUT2D eigenvalue weighted by Crippen LogP contribution is -2.23. The van der Waals surface area contributed by atoms with Gasteiger partial charge in [-0.05, 0) is 93.4 Å². The summed E-state index contributed by atoms with van der Waals surface area (Å²) in [6, 6.07) is 18.3. The Balaban J connectivity index is 1.46. The largest absolute Gasteiger partial charge is 0.488 e. The average molecular weight is 555 g/mol. The van der Waals surface area contributed by atoms with Crippen molar-refractivity contribution in [3.63, 3.8) is 0 Å². The molecule has 0 spiro atoms. The molecule has 35 heavy (non-hydrogen) atoms. The lowest BCUT2D eigenvalue weighted by atomic mass is 10.2. The van der Waals surface area contributed by atoms with Crippen LogP contribution in [0, 0.1) is 5.82 Å².